The SMILES string of the molecule is C=C1C=C(OCc2c(F)ccc(N)c2F)C=NN1C. The standard InChI is InChI=1S/C13H13F2N3O/c1-8-5-9(6-17-18(8)2)19-7-10-11(14)3-4-12(16)13(10)15/h3-6H,1,7,16H2,2H3. The zero-order valence-electron chi connectivity index (χ0n) is 10.4. The maximum absolute atomic E-state index is 13.6. The van der Waals surface area contributed by atoms with Gasteiger partial charge in [0.2, 0.25) is 0 Å². The smallest absolute Gasteiger partial charge is 0.155 e. The maximum Gasteiger partial charge on any atom is 0.155 e. The second-order valence-electron chi connectivity index (χ2n) is 4.02. The van der Waals surface area contributed by atoms with E-state index in [0.29, 0.717) is 11.5 Å². The summed E-state index contributed by atoms with van der Waals surface area (Å²) in [4.78, 5) is 0. The Kier molecular flexibility index (Phi) is 3.50. The Bertz CT molecular complexity index is 581. The average Bonchev–Trinajstić information content (AvgIpc) is 2.38. The third-order valence-corrected chi connectivity index (χ3v) is 2.68. The molecule has 0 bridgehead atoms. The summed E-state index contributed by atoms with van der Waals surface area (Å²) in [5.74, 6) is -1.12. The van der Waals surface area contributed by atoms with E-state index in [9.17, 15) is 8.78 Å². The Labute approximate surface area is 109 Å². The van der Waals surface area contributed by atoms with Gasteiger partial charge in [-0.15, -0.1) is 0 Å². The fraction of sp³-hybridized carbons (Fsp3) is 0.154. The fourth-order valence-electron chi connectivity index (χ4n) is 1.50. The van der Waals surface area contributed by atoms with Gasteiger partial charge in [0, 0.05) is 13.1 Å². The predicted octanol–water partition coefficient (Wildman–Crippen LogP) is 2.39. The van der Waals surface area contributed by atoms with Crippen molar-refractivity contribution in [1.29, 1.82) is 0 Å². The normalized spacial score (nSPS) is 14.6. The van der Waals surface area contributed by atoms with Crippen LogP contribution >= 0.6 is 0 Å². The second-order valence-corrected chi connectivity index (χ2v) is 4.02. The molecule has 0 fully saturated rings. The number of nitrogens with zero attached hydrogens (tertiary/aromatic N) is 2. The summed E-state index contributed by atoms with van der Waals surface area (Å²) >= 11 is 0. The summed E-state index contributed by atoms with van der Waals surface area (Å²) < 4.78 is 32.4. The number of ether oxygens (including phenoxy) is 1. The first-order chi connectivity index (χ1) is 8.99. The highest BCUT2D eigenvalue weighted by Crippen LogP contribution is 2.21. The van der Waals surface area contributed by atoms with E-state index in [-0.39, 0.29) is 17.9 Å². The Morgan fingerprint density at radius 2 is 2.16 bits per heavy atom. The van der Waals surface area contributed by atoms with Gasteiger partial charge in [0.1, 0.15) is 18.2 Å². The first kappa shape index (κ1) is 13.1. The van der Waals surface area contributed by atoms with Gasteiger partial charge in [0.15, 0.2) is 5.82 Å². The first-order valence-corrected chi connectivity index (χ1v) is 5.52. The minimum absolute atomic E-state index is 0.115. The lowest BCUT2D eigenvalue weighted by atomic mass is 10.2. The molecule has 1 aliphatic heterocycles. The molecule has 6 heteroatoms. The van der Waals surface area contributed by atoms with Crippen molar-refractivity contribution in [3.05, 3.63) is 53.4 Å². The van der Waals surface area contributed by atoms with Crippen LogP contribution in [0, 0.1) is 11.6 Å². The Morgan fingerprint density at radius 3 is 2.84 bits per heavy atom. The highest BCUT2D eigenvalue weighted by Gasteiger charge is 2.14. The Morgan fingerprint density at radius 1 is 1.42 bits per heavy atom. The van der Waals surface area contributed by atoms with Crippen molar-refractivity contribution in [3.63, 3.8) is 0 Å². The molecular weight excluding hydrogens is 252 g/mol. The van der Waals surface area contributed by atoms with Gasteiger partial charge in [0.25, 0.3) is 0 Å². The van der Waals surface area contributed by atoms with Crippen LogP contribution in [-0.2, 0) is 11.3 Å². The topological polar surface area (TPSA) is 50.9 Å². The van der Waals surface area contributed by atoms with Crippen LogP contribution in [0.2, 0.25) is 0 Å². The summed E-state index contributed by atoms with van der Waals surface area (Å²) in [6.07, 6.45) is 3.06. The van der Waals surface area contributed by atoms with Crippen LogP contribution in [0.4, 0.5) is 14.5 Å². The molecule has 0 unspecified atom stereocenters. The molecule has 100 valence electrons. The zero-order valence-corrected chi connectivity index (χ0v) is 10.4. The zero-order chi connectivity index (χ0) is 14.0. The highest BCUT2D eigenvalue weighted by molar-refractivity contribution is 5.77. The molecule has 1 aliphatic rings. The minimum Gasteiger partial charge on any atom is -0.487 e. The molecule has 0 spiro atoms. The third kappa shape index (κ3) is 2.73. The number of nitrogen functional groups attached to an aromatic ring is 1. The number of rotatable bonds is 3. The molecule has 0 aromatic heterocycles. The molecule has 4 nitrogen and oxygen atoms in total. The molecule has 0 amide bonds. The van der Waals surface area contributed by atoms with Crippen LogP contribution in [-0.4, -0.2) is 18.3 Å². The molecule has 2 rings (SSSR count). The molecule has 0 radical (unpaired) electrons. The quantitative estimate of drug-likeness (QED) is 0.854. The molecule has 1 aromatic rings. The Balaban J connectivity index is 2.12. The van der Waals surface area contributed by atoms with Gasteiger partial charge in [-0.05, 0) is 12.1 Å². The molecule has 0 saturated heterocycles. The van der Waals surface area contributed by atoms with Crippen LogP contribution in [0.25, 0.3) is 0 Å². The van der Waals surface area contributed by atoms with Gasteiger partial charge in [-0.2, -0.15) is 5.10 Å². The molecule has 19 heavy (non-hydrogen) atoms. The lowest BCUT2D eigenvalue weighted by Gasteiger charge is -2.18. The number of likely N-dealkylation sites (N-methyl/N-ethyl adjacent to an activating group) is 1. The van der Waals surface area contributed by atoms with Crippen LogP contribution < -0.4 is 5.73 Å². The number of hydrogen-bond acceptors (Lipinski definition) is 4. The van der Waals surface area contributed by atoms with Gasteiger partial charge in [-0.25, -0.2) is 8.78 Å². The number of halogens is 2. The number of nitrogens with two attached hydrogens (primary N) is 1. The fourth-order valence-corrected chi connectivity index (χ4v) is 1.50. The number of hydrazone groups is 1. The number of anilines is 1. The van der Waals surface area contributed by atoms with Gasteiger partial charge in [-0.1, -0.05) is 6.58 Å². The van der Waals surface area contributed by atoms with E-state index in [2.05, 4.69) is 11.7 Å². The van der Waals surface area contributed by atoms with E-state index in [1.807, 2.05) is 0 Å². The van der Waals surface area contributed by atoms with Crippen molar-refractivity contribution in [1.82, 2.24) is 5.01 Å². The van der Waals surface area contributed by atoms with Crippen molar-refractivity contribution in [2.24, 2.45) is 5.10 Å². The van der Waals surface area contributed by atoms with Crippen molar-refractivity contribution in [3.8, 4) is 0 Å². The van der Waals surface area contributed by atoms with Crippen molar-refractivity contribution >= 4 is 11.9 Å². The molecule has 0 atom stereocenters. The molecule has 1 aromatic carbocycles. The number of benzene rings is 1. The van der Waals surface area contributed by atoms with E-state index in [4.69, 9.17) is 10.5 Å². The highest BCUT2D eigenvalue weighted by atomic mass is 19.1. The predicted molar refractivity (Wildman–Crippen MR) is 69.0 cm³/mol. The van der Waals surface area contributed by atoms with E-state index >= 15 is 0 Å². The monoisotopic (exact) mass is 265 g/mol. The summed E-state index contributed by atoms with van der Waals surface area (Å²) in [6.45, 7) is 3.47. The number of hydrogen-bond donors (Lipinski definition) is 1. The summed E-state index contributed by atoms with van der Waals surface area (Å²) in [5, 5.41) is 5.52. The van der Waals surface area contributed by atoms with Crippen LogP contribution in [0.5, 0.6) is 0 Å². The lowest BCUT2D eigenvalue weighted by Crippen LogP contribution is -2.14. The lowest BCUT2D eigenvalue weighted by molar-refractivity contribution is 0.207. The van der Waals surface area contributed by atoms with Crippen molar-refractivity contribution in [2.75, 3.05) is 12.8 Å². The van der Waals surface area contributed by atoms with Crippen LogP contribution in [0.1, 0.15) is 5.56 Å². The Hall–Kier alpha value is -2.37. The van der Waals surface area contributed by atoms with Gasteiger partial charge >= 0.3 is 0 Å². The van der Waals surface area contributed by atoms with Crippen LogP contribution in [0.15, 0.2) is 41.3 Å². The van der Waals surface area contributed by atoms with Crippen LogP contribution in [0.3, 0.4) is 0 Å². The summed E-state index contributed by atoms with van der Waals surface area (Å²) in [5.41, 5.74) is 5.67. The maximum atomic E-state index is 13.6. The average molecular weight is 265 g/mol. The van der Waals surface area contributed by atoms with E-state index in [1.165, 1.54) is 12.3 Å². The van der Waals surface area contributed by atoms with E-state index in [0.717, 1.165) is 6.07 Å². The summed E-state index contributed by atoms with van der Waals surface area (Å²) in [6, 6.07) is 2.28. The molecular formula is C13H13F2N3O. The van der Waals surface area contributed by atoms with Gasteiger partial charge in [0.05, 0.1) is 23.2 Å². The molecule has 2 N–H and O–H groups in total. The largest absolute Gasteiger partial charge is 0.487 e. The summed E-state index contributed by atoms with van der Waals surface area (Å²) in [7, 11) is 1.73. The third-order valence-electron chi connectivity index (χ3n) is 2.68. The molecule has 1 heterocycles. The number of allylic oxidation sites excluding steroid dienone is 2. The van der Waals surface area contributed by atoms with E-state index in [1.54, 1.807) is 18.1 Å². The van der Waals surface area contributed by atoms with Crippen molar-refractivity contribution < 1.29 is 13.5 Å². The van der Waals surface area contributed by atoms with E-state index < -0.39 is 11.6 Å². The van der Waals surface area contributed by atoms with Crippen molar-refractivity contribution in [2.45, 2.75) is 6.61 Å². The second kappa shape index (κ2) is 5.09. The minimum atomic E-state index is -0.802. The molecule has 0 aliphatic carbocycles. The molecule has 0 saturated carbocycles. The first-order valence-electron chi connectivity index (χ1n) is 5.52. The van der Waals surface area contributed by atoms with Gasteiger partial charge in [-0.3, -0.25) is 5.01 Å². The van der Waals surface area contributed by atoms with Gasteiger partial charge < -0.3 is 10.5 Å².